The quantitative estimate of drug-likeness (QED) is 0.141. The van der Waals surface area contributed by atoms with Crippen LogP contribution in [0, 0.1) is 22.0 Å². The van der Waals surface area contributed by atoms with Crippen molar-refractivity contribution in [1.82, 2.24) is 4.90 Å². The van der Waals surface area contributed by atoms with Crippen LogP contribution < -0.4 is 10.4 Å². The van der Waals surface area contributed by atoms with Crippen molar-refractivity contribution < 1.29 is 23.6 Å². The smallest absolute Gasteiger partial charge is 0.413 e. The van der Waals surface area contributed by atoms with Gasteiger partial charge in [-0.1, -0.05) is 105 Å². The topological polar surface area (TPSA) is 91.1 Å². The first kappa shape index (κ1) is 32.9. The van der Waals surface area contributed by atoms with Crippen LogP contribution in [0.4, 0.5) is 10.5 Å². The molecule has 232 valence electrons. The maximum Gasteiger partial charge on any atom is 0.413 e. The Hall–Kier alpha value is -3.97. The van der Waals surface area contributed by atoms with Crippen LogP contribution in [-0.2, 0) is 13.9 Å². The summed E-state index contributed by atoms with van der Waals surface area (Å²) in [6, 6.07) is 26.0. The Balaban J connectivity index is 1.97. The number of nitro benzene ring substituents is 1. The highest BCUT2D eigenvalue weighted by Crippen LogP contribution is 2.40. The average molecular weight is 615 g/mol. The molecular formula is C35H42N2O6Si. The molecule has 1 fully saturated rings. The largest absolute Gasteiger partial charge is 0.444 e. The third kappa shape index (κ3) is 6.88. The minimum absolute atomic E-state index is 0.101. The summed E-state index contributed by atoms with van der Waals surface area (Å²) in [6.07, 6.45) is -1.44. The molecule has 1 aliphatic heterocycles. The fourth-order valence-electron chi connectivity index (χ4n) is 5.70. The number of amides is 1. The molecule has 2 atom stereocenters. The molecule has 0 aromatic heterocycles. The van der Waals surface area contributed by atoms with Crippen molar-refractivity contribution in [2.45, 2.75) is 83.9 Å². The van der Waals surface area contributed by atoms with Crippen LogP contribution >= 0.6 is 0 Å². The standard InChI is InChI=1S/C35H42N2O6Si/c1-33(2,3)42-32(38)36-30(25-41-35(36,7)8)31(24-23-26-17-15-16-22-29(26)37(39)40)43-44(34(4,5)6,27-18-11-9-12-19-27)28-20-13-10-14-21-28/h9-22,30-31H,25H2,1-8H3/t30-,31+/m0/s1. The van der Waals surface area contributed by atoms with Crippen LogP contribution in [0.3, 0.4) is 0 Å². The Labute approximate surface area is 261 Å². The molecule has 0 N–H and O–H groups in total. The van der Waals surface area contributed by atoms with Crippen molar-refractivity contribution in [3.63, 3.8) is 0 Å². The van der Waals surface area contributed by atoms with Gasteiger partial charge in [-0.05, 0) is 56.1 Å². The van der Waals surface area contributed by atoms with Crippen LogP contribution in [0.5, 0.6) is 0 Å². The number of hydrogen-bond donors (Lipinski definition) is 0. The maximum absolute atomic E-state index is 13.8. The third-order valence-electron chi connectivity index (χ3n) is 7.63. The van der Waals surface area contributed by atoms with Gasteiger partial charge >= 0.3 is 6.09 Å². The number of benzene rings is 3. The summed E-state index contributed by atoms with van der Waals surface area (Å²) in [7, 11) is -3.18. The van der Waals surface area contributed by atoms with E-state index in [1.165, 1.54) is 6.07 Å². The van der Waals surface area contributed by atoms with Crippen LogP contribution in [0.2, 0.25) is 5.04 Å². The number of carbonyl (C=O) groups excluding carboxylic acids is 1. The lowest BCUT2D eigenvalue weighted by atomic mass is 10.1. The van der Waals surface area contributed by atoms with Gasteiger partial charge in [0.25, 0.3) is 14.0 Å². The number of nitrogens with zero attached hydrogens (tertiary/aromatic N) is 2. The zero-order valence-corrected chi connectivity index (χ0v) is 27.8. The van der Waals surface area contributed by atoms with Crippen molar-refractivity contribution in [2.75, 3.05) is 6.61 Å². The second-order valence-electron chi connectivity index (χ2n) is 13.4. The SMILES string of the molecule is CC(C)(C)OC(=O)N1[C@H]([C@@H](C#Cc2ccccc2[N+](=O)[O-])O[Si](c2ccccc2)(c2ccccc2)C(C)(C)C)COC1(C)C. The fourth-order valence-corrected chi connectivity index (χ4v) is 10.3. The molecule has 9 heteroatoms. The van der Waals surface area contributed by atoms with E-state index in [9.17, 15) is 14.9 Å². The predicted octanol–water partition coefficient (Wildman–Crippen LogP) is 6.26. The average Bonchev–Trinajstić information content (AvgIpc) is 3.27. The monoisotopic (exact) mass is 614 g/mol. The normalized spacial score (nSPS) is 17.4. The van der Waals surface area contributed by atoms with Gasteiger partial charge in [0.2, 0.25) is 0 Å². The minimum Gasteiger partial charge on any atom is -0.444 e. The Morgan fingerprint density at radius 3 is 1.98 bits per heavy atom. The van der Waals surface area contributed by atoms with Crippen molar-refractivity contribution in [2.24, 2.45) is 0 Å². The van der Waals surface area contributed by atoms with E-state index in [1.54, 1.807) is 23.1 Å². The highest BCUT2D eigenvalue weighted by atomic mass is 28.4. The van der Waals surface area contributed by atoms with Crippen molar-refractivity contribution >= 4 is 30.5 Å². The van der Waals surface area contributed by atoms with E-state index in [2.05, 4.69) is 56.9 Å². The van der Waals surface area contributed by atoms with Gasteiger partial charge in [-0.2, -0.15) is 0 Å². The van der Waals surface area contributed by atoms with Gasteiger partial charge in [0.1, 0.15) is 23.0 Å². The van der Waals surface area contributed by atoms with Gasteiger partial charge in [-0.25, -0.2) is 4.79 Å². The zero-order chi connectivity index (χ0) is 32.3. The molecule has 8 nitrogen and oxygen atoms in total. The predicted molar refractivity (Wildman–Crippen MR) is 174 cm³/mol. The lowest BCUT2D eigenvalue weighted by Gasteiger charge is -2.46. The molecule has 0 bridgehead atoms. The Morgan fingerprint density at radius 2 is 1.48 bits per heavy atom. The van der Waals surface area contributed by atoms with E-state index in [0.29, 0.717) is 0 Å². The fraction of sp³-hybridized carbons (Fsp3) is 0.400. The van der Waals surface area contributed by atoms with Gasteiger partial charge in [0.15, 0.2) is 0 Å². The number of hydrogen-bond acceptors (Lipinski definition) is 6. The lowest BCUT2D eigenvalue weighted by Crippen LogP contribution is -2.69. The molecule has 1 aliphatic rings. The van der Waals surface area contributed by atoms with Crippen molar-refractivity contribution in [1.29, 1.82) is 0 Å². The first-order chi connectivity index (χ1) is 20.6. The first-order valence-corrected chi connectivity index (χ1v) is 16.7. The summed E-state index contributed by atoms with van der Waals surface area (Å²) in [5.74, 6) is 6.31. The molecule has 3 aromatic rings. The van der Waals surface area contributed by atoms with Gasteiger partial charge in [0.05, 0.1) is 17.6 Å². The van der Waals surface area contributed by atoms with E-state index in [-0.39, 0.29) is 22.9 Å². The summed E-state index contributed by atoms with van der Waals surface area (Å²) >= 11 is 0. The van der Waals surface area contributed by atoms with E-state index in [0.717, 1.165) is 10.4 Å². The summed E-state index contributed by atoms with van der Waals surface area (Å²) in [4.78, 5) is 26.7. The summed E-state index contributed by atoms with van der Waals surface area (Å²) in [6.45, 7) is 15.7. The van der Waals surface area contributed by atoms with E-state index >= 15 is 0 Å². The number of ether oxygens (including phenoxy) is 2. The Bertz CT molecular complexity index is 1490. The van der Waals surface area contributed by atoms with E-state index < -0.39 is 42.8 Å². The number of nitro groups is 1. The molecule has 4 rings (SSSR count). The third-order valence-corrected chi connectivity index (χ3v) is 12.6. The molecule has 0 spiro atoms. The number of para-hydroxylation sites is 1. The van der Waals surface area contributed by atoms with E-state index in [4.69, 9.17) is 13.9 Å². The molecule has 0 saturated carbocycles. The molecule has 0 unspecified atom stereocenters. The zero-order valence-electron chi connectivity index (χ0n) is 26.8. The Kier molecular flexibility index (Phi) is 9.40. The highest BCUT2D eigenvalue weighted by molar-refractivity contribution is 6.99. The molecule has 0 aliphatic carbocycles. The lowest BCUT2D eigenvalue weighted by molar-refractivity contribution is -0.385. The molecule has 44 heavy (non-hydrogen) atoms. The summed E-state index contributed by atoms with van der Waals surface area (Å²) in [5.41, 5.74) is -1.60. The molecule has 0 radical (unpaired) electrons. The maximum atomic E-state index is 13.8. The molecule has 1 saturated heterocycles. The number of rotatable bonds is 6. The van der Waals surface area contributed by atoms with Crippen LogP contribution in [0.15, 0.2) is 84.9 Å². The van der Waals surface area contributed by atoms with Crippen LogP contribution in [0.25, 0.3) is 0 Å². The first-order valence-electron chi connectivity index (χ1n) is 14.8. The van der Waals surface area contributed by atoms with Gasteiger partial charge in [0, 0.05) is 6.07 Å². The molecule has 3 aromatic carbocycles. The van der Waals surface area contributed by atoms with E-state index in [1.807, 2.05) is 71.0 Å². The molecule has 1 heterocycles. The minimum atomic E-state index is -3.18. The van der Waals surface area contributed by atoms with Gasteiger partial charge in [-0.15, -0.1) is 0 Å². The molecule has 1 amide bonds. The van der Waals surface area contributed by atoms with Crippen molar-refractivity contribution in [3.05, 3.63) is 101 Å². The highest BCUT2D eigenvalue weighted by Gasteiger charge is 2.55. The Morgan fingerprint density at radius 1 is 0.955 bits per heavy atom. The second-order valence-corrected chi connectivity index (χ2v) is 17.7. The van der Waals surface area contributed by atoms with Gasteiger partial charge in [-0.3, -0.25) is 15.0 Å². The number of carbonyl (C=O) groups is 1. The second kappa shape index (κ2) is 12.6. The molecular weight excluding hydrogens is 572 g/mol. The summed E-state index contributed by atoms with van der Waals surface area (Å²) in [5, 5.41) is 13.5. The van der Waals surface area contributed by atoms with Crippen LogP contribution in [0.1, 0.15) is 61.0 Å². The van der Waals surface area contributed by atoms with Gasteiger partial charge < -0.3 is 13.9 Å². The van der Waals surface area contributed by atoms with Crippen LogP contribution in [-0.4, -0.2) is 54.3 Å². The summed E-state index contributed by atoms with van der Waals surface area (Å²) < 4.78 is 19.5. The van der Waals surface area contributed by atoms with Crippen molar-refractivity contribution in [3.8, 4) is 11.8 Å².